The Bertz CT molecular complexity index is 2320. The molecule has 0 bridgehead atoms. The van der Waals surface area contributed by atoms with Crippen molar-refractivity contribution in [3.05, 3.63) is 127 Å². The molecule has 0 amide bonds. The topological polar surface area (TPSA) is 49.2 Å². The molecule has 1 aliphatic heterocycles. The van der Waals surface area contributed by atoms with E-state index in [-0.39, 0.29) is 0 Å². The van der Waals surface area contributed by atoms with Gasteiger partial charge >= 0.3 is 0 Å². The zero-order valence-electron chi connectivity index (χ0n) is 21.8. The Morgan fingerprint density at radius 1 is 0.512 bits per heavy atom. The normalized spacial score (nSPS) is 12.3. The number of nitrogens with zero attached hydrogens (tertiary/aromatic N) is 3. The van der Waals surface area contributed by atoms with Gasteiger partial charge in [0.05, 0.1) is 16.7 Å². The summed E-state index contributed by atoms with van der Waals surface area (Å²) < 4.78 is 15.1. The molecule has 192 valence electrons. The SMILES string of the molecule is c1ccc(-c2nc(-n3c4ccc5ccccc5c4c4ccc5c(c43)Oc3ccccc3O5)nc3ccccc23)cc1. The lowest BCUT2D eigenvalue weighted by atomic mass is 10.0. The van der Waals surface area contributed by atoms with E-state index < -0.39 is 0 Å². The molecule has 1 aliphatic rings. The molecular weight excluding hydrogens is 506 g/mol. The Morgan fingerprint density at radius 2 is 1.24 bits per heavy atom. The zero-order chi connectivity index (χ0) is 26.9. The predicted molar refractivity (Wildman–Crippen MR) is 163 cm³/mol. The molecule has 8 aromatic rings. The first-order valence-electron chi connectivity index (χ1n) is 13.6. The zero-order valence-corrected chi connectivity index (χ0v) is 21.8. The Labute approximate surface area is 234 Å². The molecule has 0 saturated carbocycles. The average Bonchev–Trinajstić information content (AvgIpc) is 3.39. The fourth-order valence-corrected chi connectivity index (χ4v) is 6.04. The van der Waals surface area contributed by atoms with Gasteiger partial charge in [0.2, 0.25) is 5.95 Å². The number of hydrogen-bond acceptors (Lipinski definition) is 4. The van der Waals surface area contributed by atoms with E-state index >= 15 is 0 Å². The van der Waals surface area contributed by atoms with Gasteiger partial charge in [-0.05, 0) is 47.2 Å². The molecule has 0 saturated heterocycles. The lowest BCUT2D eigenvalue weighted by Gasteiger charge is -2.22. The van der Waals surface area contributed by atoms with Crippen molar-refractivity contribution in [2.75, 3.05) is 0 Å². The van der Waals surface area contributed by atoms with Crippen molar-refractivity contribution in [3.63, 3.8) is 0 Å². The van der Waals surface area contributed by atoms with Crippen LogP contribution in [-0.2, 0) is 0 Å². The first-order valence-corrected chi connectivity index (χ1v) is 13.6. The van der Waals surface area contributed by atoms with Crippen LogP contribution in [0.3, 0.4) is 0 Å². The van der Waals surface area contributed by atoms with Crippen LogP contribution in [0.15, 0.2) is 127 Å². The van der Waals surface area contributed by atoms with Gasteiger partial charge in [-0.15, -0.1) is 0 Å². The number of ether oxygens (including phenoxy) is 2. The van der Waals surface area contributed by atoms with E-state index in [1.54, 1.807) is 0 Å². The van der Waals surface area contributed by atoms with Crippen molar-refractivity contribution in [3.8, 4) is 40.2 Å². The Hall–Kier alpha value is -5.68. The van der Waals surface area contributed by atoms with Gasteiger partial charge in [-0.3, -0.25) is 4.57 Å². The highest BCUT2D eigenvalue weighted by Crippen LogP contribution is 2.51. The molecule has 5 nitrogen and oxygen atoms in total. The third-order valence-electron chi connectivity index (χ3n) is 7.86. The second-order valence-corrected chi connectivity index (χ2v) is 10.2. The molecule has 0 atom stereocenters. The van der Waals surface area contributed by atoms with Gasteiger partial charge in [0.1, 0.15) is 5.52 Å². The summed E-state index contributed by atoms with van der Waals surface area (Å²) in [6.45, 7) is 0. The molecule has 41 heavy (non-hydrogen) atoms. The largest absolute Gasteiger partial charge is 0.449 e. The summed E-state index contributed by atoms with van der Waals surface area (Å²) in [6.07, 6.45) is 0. The standard InChI is InChI=1S/C36H21N3O2/c1-2-11-23(12-3-1)33-25-14-6-7-15-27(25)37-36(38-33)39-28-20-18-22-10-4-5-13-24(22)32(28)26-19-21-31-35(34(26)39)41-30-17-9-8-16-29(30)40-31/h1-21H. The monoisotopic (exact) mass is 527 g/mol. The van der Waals surface area contributed by atoms with Crippen LogP contribution in [0.2, 0.25) is 0 Å². The van der Waals surface area contributed by atoms with Crippen LogP contribution in [0.1, 0.15) is 0 Å². The summed E-state index contributed by atoms with van der Waals surface area (Å²) in [5, 5.41) is 5.51. The van der Waals surface area contributed by atoms with Crippen molar-refractivity contribution in [1.82, 2.24) is 14.5 Å². The predicted octanol–water partition coefficient (Wildman–Crippen LogP) is 9.45. The van der Waals surface area contributed by atoms with Crippen LogP contribution in [0, 0.1) is 0 Å². The Kier molecular flexibility index (Phi) is 4.55. The van der Waals surface area contributed by atoms with Crippen molar-refractivity contribution >= 4 is 43.5 Å². The lowest BCUT2D eigenvalue weighted by Crippen LogP contribution is -2.06. The fourth-order valence-electron chi connectivity index (χ4n) is 6.04. The molecule has 0 aliphatic carbocycles. The molecule has 0 spiro atoms. The second-order valence-electron chi connectivity index (χ2n) is 10.2. The lowest BCUT2D eigenvalue weighted by molar-refractivity contribution is 0.362. The summed E-state index contributed by atoms with van der Waals surface area (Å²) in [5.74, 6) is 3.26. The Balaban J connectivity index is 1.44. The molecule has 0 unspecified atom stereocenters. The summed E-state index contributed by atoms with van der Waals surface area (Å²) in [7, 11) is 0. The van der Waals surface area contributed by atoms with Crippen molar-refractivity contribution in [2.24, 2.45) is 0 Å². The first-order chi connectivity index (χ1) is 20.3. The fraction of sp³-hybridized carbons (Fsp3) is 0. The van der Waals surface area contributed by atoms with E-state index in [1.807, 2.05) is 66.7 Å². The van der Waals surface area contributed by atoms with Crippen molar-refractivity contribution in [2.45, 2.75) is 0 Å². The average molecular weight is 528 g/mol. The van der Waals surface area contributed by atoms with Gasteiger partial charge in [-0.2, -0.15) is 0 Å². The van der Waals surface area contributed by atoms with Crippen LogP contribution in [0.5, 0.6) is 23.0 Å². The number of aromatic nitrogens is 3. The smallest absolute Gasteiger partial charge is 0.235 e. The number of hydrogen-bond donors (Lipinski definition) is 0. The molecule has 0 radical (unpaired) electrons. The number of fused-ring (bicyclic) bond motifs is 9. The molecule has 9 rings (SSSR count). The van der Waals surface area contributed by atoms with Gasteiger partial charge in [-0.1, -0.05) is 91.0 Å². The van der Waals surface area contributed by atoms with E-state index in [0.29, 0.717) is 28.9 Å². The van der Waals surface area contributed by atoms with E-state index in [4.69, 9.17) is 19.4 Å². The highest BCUT2D eigenvalue weighted by molar-refractivity contribution is 6.22. The molecule has 0 fully saturated rings. The van der Waals surface area contributed by atoms with Crippen LogP contribution >= 0.6 is 0 Å². The summed E-state index contributed by atoms with van der Waals surface area (Å²) >= 11 is 0. The molecular formula is C36H21N3O2. The van der Waals surface area contributed by atoms with Gasteiger partial charge < -0.3 is 9.47 Å². The number of rotatable bonds is 2. The first kappa shape index (κ1) is 22.2. The molecule has 2 aromatic heterocycles. The minimum Gasteiger partial charge on any atom is -0.449 e. The van der Waals surface area contributed by atoms with Crippen molar-refractivity contribution < 1.29 is 9.47 Å². The molecule has 3 heterocycles. The summed E-state index contributed by atoms with van der Waals surface area (Å²) in [4.78, 5) is 10.4. The van der Waals surface area contributed by atoms with Gasteiger partial charge in [-0.25, -0.2) is 9.97 Å². The summed E-state index contributed by atoms with van der Waals surface area (Å²) in [5.41, 5.74) is 4.67. The maximum Gasteiger partial charge on any atom is 0.235 e. The molecule has 0 N–H and O–H groups in total. The quantitative estimate of drug-likeness (QED) is 0.225. The van der Waals surface area contributed by atoms with Gasteiger partial charge in [0.25, 0.3) is 0 Å². The molecule has 5 heteroatoms. The van der Waals surface area contributed by atoms with E-state index in [0.717, 1.165) is 49.4 Å². The maximum atomic E-state index is 6.60. The molecule has 6 aromatic carbocycles. The highest BCUT2D eigenvalue weighted by Gasteiger charge is 2.27. The van der Waals surface area contributed by atoms with Gasteiger partial charge in [0, 0.05) is 21.7 Å². The van der Waals surface area contributed by atoms with E-state index in [1.165, 1.54) is 5.39 Å². The maximum absolute atomic E-state index is 6.60. The van der Waals surface area contributed by atoms with Crippen molar-refractivity contribution in [1.29, 1.82) is 0 Å². The second kappa shape index (κ2) is 8.41. The van der Waals surface area contributed by atoms with Crippen LogP contribution in [-0.4, -0.2) is 14.5 Å². The minimum atomic E-state index is 0.577. The third-order valence-corrected chi connectivity index (χ3v) is 7.86. The third kappa shape index (κ3) is 3.23. The van der Waals surface area contributed by atoms with Crippen LogP contribution < -0.4 is 9.47 Å². The highest BCUT2D eigenvalue weighted by atomic mass is 16.6. The number of benzene rings is 6. The van der Waals surface area contributed by atoms with E-state index in [9.17, 15) is 0 Å². The van der Waals surface area contributed by atoms with Crippen LogP contribution in [0.4, 0.5) is 0 Å². The number of para-hydroxylation sites is 3. The van der Waals surface area contributed by atoms with Crippen LogP contribution in [0.25, 0.3) is 60.7 Å². The van der Waals surface area contributed by atoms with E-state index in [2.05, 4.69) is 65.2 Å². The van der Waals surface area contributed by atoms with Gasteiger partial charge in [0.15, 0.2) is 23.0 Å². The summed E-state index contributed by atoms with van der Waals surface area (Å²) in [6, 6.07) is 43.1. The Morgan fingerprint density at radius 3 is 2.12 bits per heavy atom. The minimum absolute atomic E-state index is 0.577.